The summed E-state index contributed by atoms with van der Waals surface area (Å²) in [5.41, 5.74) is 2.71. The van der Waals surface area contributed by atoms with E-state index in [1.54, 1.807) is 0 Å². The van der Waals surface area contributed by atoms with Crippen molar-refractivity contribution < 1.29 is 0 Å². The van der Waals surface area contributed by atoms with Crippen LogP contribution < -0.4 is 5.32 Å². The summed E-state index contributed by atoms with van der Waals surface area (Å²) in [6, 6.07) is 8.67. The molecule has 0 bridgehead atoms. The van der Waals surface area contributed by atoms with E-state index in [1.165, 1.54) is 11.1 Å². The van der Waals surface area contributed by atoms with Gasteiger partial charge in [-0.3, -0.25) is 0 Å². The van der Waals surface area contributed by atoms with Gasteiger partial charge < -0.3 is 5.32 Å². The third kappa shape index (κ3) is 3.05. The minimum absolute atomic E-state index is 0.811. The minimum Gasteiger partial charge on any atom is -0.316 e. The van der Waals surface area contributed by atoms with Crippen LogP contribution in [-0.2, 0) is 6.42 Å². The van der Waals surface area contributed by atoms with Gasteiger partial charge in [-0.2, -0.15) is 0 Å². The number of rotatable bonds is 4. The molecule has 0 saturated heterocycles. The first kappa shape index (κ1) is 9.27. The van der Waals surface area contributed by atoms with Gasteiger partial charge >= 0.3 is 0 Å². The fraction of sp³-hybridized carbons (Fsp3) is 0.364. The molecule has 1 rings (SSSR count). The molecule has 0 fully saturated rings. The van der Waals surface area contributed by atoms with Crippen LogP contribution in [0.15, 0.2) is 24.3 Å². The minimum atomic E-state index is 0.811. The molecular formula is C11H16N. The number of hydrogen-bond donors (Lipinski definition) is 1. The van der Waals surface area contributed by atoms with E-state index in [2.05, 4.69) is 43.4 Å². The van der Waals surface area contributed by atoms with Crippen LogP contribution >= 0.6 is 0 Å². The van der Waals surface area contributed by atoms with Gasteiger partial charge in [-0.15, -0.1) is 0 Å². The van der Waals surface area contributed by atoms with E-state index in [4.69, 9.17) is 0 Å². The summed E-state index contributed by atoms with van der Waals surface area (Å²) in [5.74, 6) is 0. The molecule has 0 aromatic heterocycles. The summed E-state index contributed by atoms with van der Waals surface area (Å²) in [7, 11) is 0. The van der Waals surface area contributed by atoms with Crippen LogP contribution in [0.1, 0.15) is 11.1 Å². The van der Waals surface area contributed by atoms with Gasteiger partial charge in [0, 0.05) is 0 Å². The lowest BCUT2D eigenvalue weighted by molar-refractivity contribution is 0.743. The van der Waals surface area contributed by atoms with Gasteiger partial charge in [-0.05, 0) is 38.9 Å². The molecule has 1 heteroatoms. The first-order valence-corrected chi connectivity index (χ1v) is 4.38. The summed E-state index contributed by atoms with van der Waals surface area (Å²) < 4.78 is 0. The van der Waals surface area contributed by atoms with Gasteiger partial charge in [0.2, 0.25) is 0 Å². The molecule has 0 aliphatic rings. The van der Waals surface area contributed by atoms with Crippen LogP contribution in [0.4, 0.5) is 0 Å². The van der Waals surface area contributed by atoms with Gasteiger partial charge in [0.15, 0.2) is 0 Å². The van der Waals surface area contributed by atoms with Crippen LogP contribution in [0, 0.1) is 13.8 Å². The molecule has 1 radical (unpaired) electrons. The number of benzene rings is 1. The van der Waals surface area contributed by atoms with E-state index in [-0.39, 0.29) is 0 Å². The summed E-state index contributed by atoms with van der Waals surface area (Å²) in [6.07, 6.45) is 1.09. The molecule has 1 aromatic rings. The van der Waals surface area contributed by atoms with Crippen molar-refractivity contribution in [3.63, 3.8) is 0 Å². The molecule has 0 unspecified atom stereocenters. The smallest absolute Gasteiger partial charge is 0.000835 e. The maximum atomic E-state index is 3.72. The van der Waals surface area contributed by atoms with Crippen molar-refractivity contribution in [2.45, 2.75) is 13.3 Å². The zero-order valence-electron chi connectivity index (χ0n) is 7.64. The van der Waals surface area contributed by atoms with Gasteiger partial charge in [-0.25, -0.2) is 0 Å². The second kappa shape index (κ2) is 4.94. The molecule has 0 aliphatic carbocycles. The van der Waals surface area contributed by atoms with E-state index >= 15 is 0 Å². The standard InChI is InChI=1S/C11H16N/c1-3-12-9-8-11-6-4-10(2)5-7-11/h4-7,12H,1,3,8-9H2,2H3. The molecule has 0 atom stereocenters. The topological polar surface area (TPSA) is 12.0 Å². The zero-order valence-corrected chi connectivity index (χ0v) is 7.64. The third-order valence-electron chi connectivity index (χ3n) is 1.89. The fourth-order valence-corrected chi connectivity index (χ4v) is 1.11. The second-order valence-corrected chi connectivity index (χ2v) is 2.99. The van der Waals surface area contributed by atoms with Crippen LogP contribution in [0.25, 0.3) is 0 Å². The van der Waals surface area contributed by atoms with Crippen molar-refractivity contribution in [1.82, 2.24) is 5.32 Å². The molecule has 65 valence electrons. The summed E-state index contributed by atoms with van der Waals surface area (Å²) in [5, 5.41) is 3.20. The van der Waals surface area contributed by atoms with Gasteiger partial charge in [0.05, 0.1) is 0 Å². The Morgan fingerprint density at radius 2 is 1.92 bits per heavy atom. The molecule has 0 heterocycles. The lowest BCUT2D eigenvalue weighted by Gasteiger charge is -2.01. The highest BCUT2D eigenvalue weighted by Gasteiger charge is 1.90. The van der Waals surface area contributed by atoms with Crippen molar-refractivity contribution in [3.05, 3.63) is 42.3 Å². The Labute approximate surface area is 74.8 Å². The fourth-order valence-electron chi connectivity index (χ4n) is 1.11. The second-order valence-electron chi connectivity index (χ2n) is 2.99. The van der Waals surface area contributed by atoms with Gasteiger partial charge in [-0.1, -0.05) is 29.8 Å². The average molecular weight is 162 g/mol. The molecule has 0 aliphatic heterocycles. The van der Waals surface area contributed by atoms with Crippen LogP contribution in [-0.4, -0.2) is 13.1 Å². The van der Waals surface area contributed by atoms with Crippen LogP contribution in [0.3, 0.4) is 0 Å². The van der Waals surface area contributed by atoms with E-state index in [0.29, 0.717) is 0 Å². The highest BCUT2D eigenvalue weighted by Crippen LogP contribution is 2.02. The van der Waals surface area contributed by atoms with Gasteiger partial charge in [0.25, 0.3) is 0 Å². The van der Waals surface area contributed by atoms with Crippen LogP contribution in [0.5, 0.6) is 0 Å². The number of hydrogen-bond acceptors (Lipinski definition) is 1. The largest absolute Gasteiger partial charge is 0.316 e. The van der Waals surface area contributed by atoms with E-state index in [0.717, 1.165) is 19.5 Å². The third-order valence-corrected chi connectivity index (χ3v) is 1.89. The first-order valence-electron chi connectivity index (χ1n) is 4.38. The predicted molar refractivity (Wildman–Crippen MR) is 53.1 cm³/mol. The van der Waals surface area contributed by atoms with Crippen molar-refractivity contribution >= 4 is 0 Å². The van der Waals surface area contributed by atoms with E-state index in [1.807, 2.05) is 0 Å². The molecule has 1 N–H and O–H groups in total. The predicted octanol–water partition coefficient (Wildman–Crippen LogP) is 1.96. The maximum Gasteiger partial charge on any atom is -0.000835 e. The highest BCUT2D eigenvalue weighted by atomic mass is 14.8. The lowest BCUT2D eigenvalue weighted by Crippen LogP contribution is -2.16. The number of aryl methyl sites for hydroxylation is 1. The molecule has 12 heavy (non-hydrogen) atoms. The molecule has 0 saturated carbocycles. The Morgan fingerprint density at radius 3 is 2.50 bits per heavy atom. The molecule has 1 aromatic carbocycles. The Bertz CT molecular complexity index is 213. The molecule has 0 amide bonds. The van der Waals surface area contributed by atoms with Crippen molar-refractivity contribution in [2.75, 3.05) is 13.1 Å². The Balaban J connectivity index is 2.37. The average Bonchev–Trinajstić information content (AvgIpc) is 2.09. The monoisotopic (exact) mass is 162 g/mol. The van der Waals surface area contributed by atoms with Crippen molar-refractivity contribution in [2.24, 2.45) is 0 Å². The Morgan fingerprint density at radius 1 is 1.25 bits per heavy atom. The summed E-state index contributed by atoms with van der Waals surface area (Å²) >= 11 is 0. The zero-order chi connectivity index (χ0) is 8.81. The Hall–Kier alpha value is -0.820. The molecular weight excluding hydrogens is 146 g/mol. The summed E-state index contributed by atoms with van der Waals surface area (Å²) in [4.78, 5) is 0. The van der Waals surface area contributed by atoms with Crippen molar-refractivity contribution in [3.8, 4) is 0 Å². The van der Waals surface area contributed by atoms with Crippen LogP contribution in [0.2, 0.25) is 0 Å². The number of nitrogens with one attached hydrogen (secondary N) is 1. The van der Waals surface area contributed by atoms with Crippen molar-refractivity contribution in [1.29, 1.82) is 0 Å². The summed E-state index contributed by atoms with van der Waals surface area (Å²) in [6.45, 7) is 7.66. The normalized spacial score (nSPS) is 10.2. The van der Waals surface area contributed by atoms with E-state index in [9.17, 15) is 0 Å². The molecule has 0 spiro atoms. The maximum absolute atomic E-state index is 3.72. The Kier molecular flexibility index (Phi) is 3.81. The first-order chi connectivity index (χ1) is 5.83. The van der Waals surface area contributed by atoms with Gasteiger partial charge in [0.1, 0.15) is 0 Å². The molecule has 1 nitrogen and oxygen atoms in total. The highest BCUT2D eigenvalue weighted by molar-refractivity contribution is 5.21. The quantitative estimate of drug-likeness (QED) is 0.667. The SMILES string of the molecule is [CH2]CNCCc1ccc(C)cc1. The lowest BCUT2D eigenvalue weighted by atomic mass is 10.1. The van der Waals surface area contributed by atoms with E-state index < -0.39 is 0 Å².